The van der Waals surface area contributed by atoms with E-state index in [1.807, 2.05) is 36.0 Å². The first-order chi connectivity index (χ1) is 10.6. The van der Waals surface area contributed by atoms with Gasteiger partial charge in [0.1, 0.15) is 6.10 Å². The maximum atomic E-state index is 12.3. The van der Waals surface area contributed by atoms with Crippen molar-refractivity contribution in [2.75, 3.05) is 32.1 Å². The van der Waals surface area contributed by atoms with Crippen molar-refractivity contribution in [2.45, 2.75) is 12.5 Å². The van der Waals surface area contributed by atoms with Crippen LogP contribution in [0.4, 0.5) is 5.82 Å². The Hall–Kier alpha value is -2.50. The van der Waals surface area contributed by atoms with Crippen LogP contribution < -0.4 is 9.64 Å². The number of nitrogens with one attached hydrogen (secondary N) is 1. The molecule has 6 heteroatoms. The number of ether oxygens (including phenoxy) is 1. The predicted octanol–water partition coefficient (Wildman–Crippen LogP) is 1.77. The number of amides is 1. The molecule has 0 unspecified atom stereocenters. The summed E-state index contributed by atoms with van der Waals surface area (Å²) in [5.41, 5.74) is 0.691. The van der Waals surface area contributed by atoms with E-state index in [4.69, 9.17) is 4.74 Å². The first-order valence-corrected chi connectivity index (χ1v) is 7.36. The molecule has 0 saturated carbocycles. The van der Waals surface area contributed by atoms with Crippen molar-refractivity contribution in [3.63, 3.8) is 0 Å². The molecule has 1 amide bonds. The van der Waals surface area contributed by atoms with Gasteiger partial charge in [-0.1, -0.05) is 0 Å². The van der Waals surface area contributed by atoms with Crippen molar-refractivity contribution in [3.05, 3.63) is 42.4 Å². The van der Waals surface area contributed by atoms with E-state index in [1.54, 1.807) is 24.7 Å². The topological polar surface area (TPSA) is 61.5 Å². The van der Waals surface area contributed by atoms with Gasteiger partial charge in [0.05, 0.1) is 12.1 Å². The molecule has 0 spiro atoms. The van der Waals surface area contributed by atoms with E-state index >= 15 is 0 Å². The van der Waals surface area contributed by atoms with Crippen LogP contribution in [0.1, 0.15) is 16.8 Å². The van der Waals surface area contributed by atoms with Crippen LogP contribution in [0.25, 0.3) is 0 Å². The Bertz CT molecular complexity index is 639. The van der Waals surface area contributed by atoms with Crippen molar-refractivity contribution in [1.82, 2.24) is 14.9 Å². The lowest BCUT2D eigenvalue weighted by Crippen LogP contribution is -2.30. The van der Waals surface area contributed by atoms with Gasteiger partial charge in [-0.2, -0.15) is 0 Å². The van der Waals surface area contributed by atoms with E-state index in [9.17, 15) is 4.79 Å². The zero-order chi connectivity index (χ0) is 15.5. The second-order valence-corrected chi connectivity index (χ2v) is 5.60. The van der Waals surface area contributed by atoms with Gasteiger partial charge in [0.2, 0.25) is 0 Å². The maximum Gasteiger partial charge on any atom is 0.255 e. The first-order valence-electron chi connectivity index (χ1n) is 7.36. The lowest BCUT2D eigenvalue weighted by atomic mass is 10.3. The summed E-state index contributed by atoms with van der Waals surface area (Å²) in [5.74, 6) is 1.61. The molecule has 1 atom stereocenters. The van der Waals surface area contributed by atoms with Gasteiger partial charge in [-0.15, -0.1) is 0 Å². The molecule has 0 aliphatic carbocycles. The highest BCUT2D eigenvalue weighted by atomic mass is 16.5. The minimum atomic E-state index is 0.00536. The van der Waals surface area contributed by atoms with Crippen LogP contribution in [0.15, 0.2) is 36.8 Å². The average molecular weight is 300 g/mol. The third-order valence-corrected chi connectivity index (χ3v) is 3.75. The molecular formula is C16H20N4O2. The highest BCUT2D eigenvalue weighted by molar-refractivity contribution is 5.94. The minimum Gasteiger partial charge on any atom is -0.485 e. The summed E-state index contributed by atoms with van der Waals surface area (Å²) in [5, 5.41) is 0. The lowest BCUT2D eigenvalue weighted by molar-refractivity contribution is 0.0772. The first kappa shape index (κ1) is 14.4. The molecule has 2 aromatic rings. The number of carbonyl (C=O) groups is 1. The fourth-order valence-corrected chi connectivity index (χ4v) is 2.64. The molecule has 22 heavy (non-hydrogen) atoms. The molecule has 0 radical (unpaired) electrons. The smallest absolute Gasteiger partial charge is 0.255 e. The number of nitrogens with zero attached hydrogens (tertiary/aromatic N) is 3. The van der Waals surface area contributed by atoms with E-state index < -0.39 is 0 Å². The summed E-state index contributed by atoms with van der Waals surface area (Å²) in [7, 11) is 3.87. The summed E-state index contributed by atoms with van der Waals surface area (Å²) in [4.78, 5) is 23.3. The zero-order valence-corrected chi connectivity index (χ0v) is 12.8. The Labute approximate surface area is 129 Å². The molecule has 1 saturated heterocycles. The van der Waals surface area contributed by atoms with Gasteiger partial charge in [-0.3, -0.25) is 4.79 Å². The molecular weight excluding hydrogens is 280 g/mol. The molecule has 1 N–H and O–H groups in total. The van der Waals surface area contributed by atoms with Crippen molar-refractivity contribution < 1.29 is 9.53 Å². The zero-order valence-electron chi connectivity index (χ0n) is 12.8. The summed E-state index contributed by atoms with van der Waals surface area (Å²) < 4.78 is 6.06. The lowest BCUT2D eigenvalue weighted by Gasteiger charge is -2.20. The van der Waals surface area contributed by atoms with Gasteiger partial charge in [-0.25, -0.2) is 4.98 Å². The Kier molecular flexibility index (Phi) is 4.00. The molecule has 0 bridgehead atoms. The van der Waals surface area contributed by atoms with Gasteiger partial charge >= 0.3 is 0 Å². The molecule has 2 aromatic heterocycles. The van der Waals surface area contributed by atoms with Crippen LogP contribution in [-0.2, 0) is 0 Å². The normalized spacial score (nSPS) is 17.5. The number of hydrogen-bond acceptors (Lipinski definition) is 4. The monoisotopic (exact) mass is 300 g/mol. The summed E-state index contributed by atoms with van der Waals surface area (Å²) in [6, 6.07) is 5.57. The molecule has 3 rings (SSSR count). The van der Waals surface area contributed by atoms with E-state index in [0.29, 0.717) is 18.7 Å². The number of carbonyl (C=O) groups excluding carboxylic acids is 1. The molecule has 6 nitrogen and oxygen atoms in total. The fraction of sp³-hybridized carbons (Fsp3) is 0.375. The average Bonchev–Trinajstić information content (AvgIpc) is 3.18. The Morgan fingerprint density at radius 2 is 2.32 bits per heavy atom. The second kappa shape index (κ2) is 6.09. The van der Waals surface area contributed by atoms with Crippen LogP contribution in [0.2, 0.25) is 0 Å². The number of H-pyrrole nitrogens is 1. The number of rotatable bonds is 4. The van der Waals surface area contributed by atoms with Gasteiger partial charge in [0, 0.05) is 45.7 Å². The quantitative estimate of drug-likeness (QED) is 0.935. The van der Waals surface area contributed by atoms with Crippen LogP contribution in [-0.4, -0.2) is 54.1 Å². The Balaban J connectivity index is 1.65. The third kappa shape index (κ3) is 2.90. The van der Waals surface area contributed by atoms with Crippen LogP contribution in [0.5, 0.6) is 5.75 Å². The summed E-state index contributed by atoms with van der Waals surface area (Å²) in [6.07, 6.45) is 6.07. The van der Waals surface area contributed by atoms with Gasteiger partial charge in [0.25, 0.3) is 5.91 Å². The number of pyridine rings is 1. The molecule has 0 aromatic carbocycles. The number of anilines is 1. The standard InChI is InChI=1S/C16H20N4O2/c1-19(2)15-14(4-3-7-18-15)22-13-6-9-20(11-13)16(21)12-5-8-17-10-12/h3-5,7-8,10,13,17H,6,9,11H2,1-2H3/t13-/m0/s1. The van der Waals surface area contributed by atoms with Crippen molar-refractivity contribution in [1.29, 1.82) is 0 Å². The van der Waals surface area contributed by atoms with Crippen molar-refractivity contribution in [3.8, 4) is 5.75 Å². The van der Waals surface area contributed by atoms with E-state index in [-0.39, 0.29) is 12.0 Å². The Morgan fingerprint density at radius 1 is 1.45 bits per heavy atom. The summed E-state index contributed by atoms with van der Waals surface area (Å²) in [6.45, 7) is 1.32. The second-order valence-electron chi connectivity index (χ2n) is 5.60. The van der Waals surface area contributed by atoms with Crippen LogP contribution >= 0.6 is 0 Å². The Morgan fingerprint density at radius 3 is 3.05 bits per heavy atom. The third-order valence-electron chi connectivity index (χ3n) is 3.75. The number of aromatic nitrogens is 2. The highest BCUT2D eigenvalue weighted by Gasteiger charge is 2.29. The molecule has 3 heterocycles. The predicted molar refractivity (Wildman–Crippen MR) is 84.3 cm³/mol. The van der Waals surface area contributed by atoms with Gasteiger partial charge < -0.3 is 19.5 Å². The molecule has 1 aliphatic rings. The number of hydrogen-bond donors (Lipinski definition) is 1. The van der Waals surface area contributed by atoms with E-state index in [0.717, 1.165) is 18.0 Å². The molecule has 116 valence electrons. The maximum absolute atomic E-state index is 12.3. The SMILES string of the molecule is CN(C)c1ncccc1O[C@H]1CCN(C(=O)c2cc[nH]c2)C1. The van der Waals surface area contributed by atoms with Crippen LogP contribution in [0.3, 0.4) is 0 Å². The van der Waals surface area contributed by atoms with Gasteiger partial charge in [0.15, 0.2) is 11.6 Å². The van der Waals surface area contributed by atoms with Gasteiger partial charge in [-0.05, 0) is 18.2 Å². The fourth-order valence-electron chi connectivity index (χ4n) is 2.64. The molecule has 1 aliphatic heterocycles. The molecule has 1 fully saturated rings. The largest absolute Gasteiger partial charge is 0.485 e. The number of aromatic amines is 1. The summed E-state index contributed by atoms with van der Waals surface area (Å²) >= 11 is 0. The highest BCUT2D eigenvalue weighted by Crippen LogP contribution is 2.27. The van der Waals surface area contributed by atoms with Crippen LogP contribution in [0, 0.1) is 0 Å². The van der Waals surface area contributed by atoms with E-state index in [2.05, 4.69) is 9.97 Å². The van der Waals surface area contributed by atoms with E-state index in [1.165, 1.54) is 0 Å². The number of likely N-dealkylation sites (tertiary alicyclic amines) is 1. The van der Waals surface area contributed by atoms with Crippen molar-refractivity contribution in [2.24, 2.45) is 0 Å². The van der Waals surface area contributed by atoms with Crippen molar-refractivity contribution >= 4 is 11.7 Å². The minimum absolute atomic E-state index is 0.00536.